The van der Waals surface area contributed by atoms with Gasteiger partial charge in [0.15, 0.2) is 5.60 Å². The van der Waals surface area contributed by atoms with Crippen molar-refractivity contribution in [3.63, 3.8) is 0 Å². The van der Waals surface area contributed by atoms with Crippen molar-refractivity contribution in [2.45, 2.75) is 70.8 Å². The third kappa shape index (κ3) is 8.25. The molecule has 0 aliphatic heterocycles. The number of carbonyl (C=O) groups excluding carboxylic acids is 1. The molecule has 2 aliphatic carbocycles. The van der Waals surface area contributed by atoms with Crippen LogP contribution in [0.4, 0.5) is 0 Å². The summed E-state index contributed by atoms with van der Waals surface area (Å²) in [5.74, 6) is 4.10. The Morgan fingerprint density at radius 2 is 1.17 bits per heavy atom. The number of carbonyl (C=O) groups is 1. The number of halogens is 1. The number of hydrogen-bond acceptors (Lipinski definition) is 12. The number of imidazole rings is 2. The molecular weight excluding hydrogens is 887 g/mol. The lowest BCUT2D eigenvalue weighted by molar-refractivity contribution is 0.0602. The highest BCUT2D eigenvalue weighted by molar-refractivity contribution is 9.10. The van der Waals surface area contributed by atoms with Crippen LogP contribution in [0.15, 0.2) is 111 Å². The number of aromatic nitrogens is 9. The van der Waals surface area contributed by atoms with Gasteiger partial charge in [-0.3, -0.25) is 9.97 Å². The second kappa shape index (κ2) is 17.6. The van der Waals surface area contributed by atoms with Crippen LogP contribution in [0.3, 0.4) is 0 Å². The molecule has 0 radical (unpaired) electrons. The van der Waals surface area contributed by atoms with Crippen molar-refractivity contribution < 1.29 is 23.7 Å². The van der Waals surface area contributed by atoms with E-state index in [1.165, 1.54) is 7.11 Å². The molecule has 0 saturated heterocycles. The summed E-state index contributed by atoms with van der Waals surface area (Å²) < 4.78 is 20.8. The number of pyridine rings is 3. The maximum Gasteiger partial charge on any atom is 0.340 e. The van der Waals surface area contributed by atoms with Crippen molar-refractivity contribution in [1.29, 1.82) is 0 Å². The van der Waals surface area contributed by atoms with Gasteiger partial charge >= 0.3 is 5.97 Å². The summed E-state index contributed by atoms with van der Waals surface area (Å²) in [5.41, 5.74) is 9.09. The first-order valence-electron chi connectivity index (χ1n) is 21.5. The van der Waals surface area contributed by atoms with Crippen LogP contribution in [-0.4, -0.2) is 62.6 Å². The number of nitrogens with zero attached hydrogens (tertiary/aromatic N) is 9. The number of rotatable bonds is 8. The van der Waals surface area contributed by atoms with E-state index in [2.05, 4.69) is 51.8 Å². The molecule has 7 aromatic heterocycles. The van der Waals surface area contributed by atoms with Gasteiger partial charge in [-0.2, -0.15) is 0 Å². The standard InChI is InChI=1S/C27H25N5O2.C18H19N3O3.C5H4BrN/c1-16-24(17(2)34-31-16)19-14-20(25-21(15-19)30-26(32(25)3)18-10-11-18)27(33,22-8-4-6-12-28-22)23-9-5-7-13-29-23;1-9-15(10(2)24-20-9)12-7-13(18(22)23-4)16-14(8-12)19-17(21(16)3)11-5-6-11;6-5-3-1-2-4-7-5/h4-9,12-15,18,33H,10-11H2,1-3H3;7-8,11H,5-6H2,1-4H3;1-4H. The lowest BCUT2D eigenvalue weighted by Gasteiger charge is -2.29. The number of aliphatic hydroxyl groups is 1. The Hall–Kier alpha value is -6.84. The van der Waals surface area contributed by atoms with Crippen LogP contribution in [0.2, 0.25) is 0 Å². The van der Waals surface area contributed by atoms with Gasteiger partial charge in [0.25, 0.3) is 0 Å². The zero-order valence-corrected chi connectivity index (χ0v) is 38.8. The molecule has 14 nitrogen and oxygen atoms in total. The number of esters is 1. The molecule has 330 valence electrons. The van der Waals surface area contributed by atoms with E-state index < -0.39 is 5.60 Å². The molecule has 0 bridgehead atoms. The molecule has 0 atom stereocenters. The monoisotopic (exact) mass is 933 g/mol. The molecule has 2 aliphatic rings. The zero-order valence-electron chi connectivity index (χ0n) is 37.2. The lowest BCUT2D eigenvalue weighted by atomic mass is 9.83. The van der Waals surface area contributed by atoms with E-state index in [1.807, 2.05) is 119 Å². The Kier molecular flexibility index (Phi) is 11.8. The van der Waals surface area contributed by atoms with E-state index >= 15 is 0 Å². The maximum atomic E-state index is 12.6. The third-order valence-corrected chi connectivity index (χ3v) is 12.5. The topological polar surface area (TPSA) is 173 Å². The normalized spacial score (nSPS) is 13.6. The molecule has 15 heteroatoms. The molecule has 0 spiro atoms. The van der Waals surface area contributed by atoms with E-state index in [0.717, 1.165) is 109 Å². The first-order chi connectivity index (χ1) is 31.4. The lowest BCUT2D eigenvalue weighted by Crippen LogP contribution is -2.32. The van der Waals surface area contributed by atoms with Gasteiger partial charge in [-0.05, 0) is 141 Å². The molecule has 2 aromatic carbocycles. The number of ether oxygens (including phenoxy) is 1. The summed E-state index contributed by atoms with van der Waals surface area (Å²) in [5, 5.41) is 20.7. The van der Waals surface area contributed by atoms with Crippen LogP contribution in [-0.2, 0) is 24.4 Å². The number of methoxy groups -OCH3 is 1. The van der Waals surface area contributed by atoms with E-state index in [-0.39, 0.29) is 5.97 Å². The van der Waals surface area contributed by atoms with E-state index in [1.54, 1.807) is 18.6 Å². The Bertz CT molecular complexity index is 3090. The van der Waals surface area contributed by atoms with Crippen LogP contribution in [0, 0.1) is 27.7 Å². The minimum atomic E-state index is -1.59. The Morgan fingerprint density at radius 1 is 0.692 bits per heavy atom. The van der Waals surface area contributed by atoms with Crippen LogP contribution in [0.25, 0.3) is 44.3 Å². The van der Waals surface area contributed by atoms with Crippen molar-refractivity contribution in [1.82, 2.24) is 44.4 Å². The molecule has 65 heavy (non-hydrogen) atoms. The van der Waals surface area contributed by atoms with Crippen LogP contribution >= 0.6 is 15.9 Å². The first-order valence-corrected chi connectivity index (χ1v) is 22.3. The van der Waals surface area contributed by atoms with Crippen LogP contribution in [0.5, 0.6) is 0 Å². The van der Waals surface area contributed by atoms with Crippen molar-refractivity contribution in [2.24, 2.45) is 14.1 Å². The molecule has 9 aromatic rings. The zero-order chi connectivity index (χ0) is 45.6. The highest BCUT2D eigenvalue weighted by atomic mass is 79.9. The van der Waals surface area contributed by atoms with Gasteiger partial charge in [0.05, 0.1) is 57.5 Å². The fourth-order valence-corrected chi connectivity index (χ4v) is 8.95. The van der Waals surface area contributed by atoms with Gasteiger partial charge in [-0.25, -0.2) is 19.7 Å². The smallest absolute Gasteiger partial charge is 0.340 e. The highest BCUT2D eigenvalue weighted by Crippen LogP contribution is 2.46. The molecule has 0 amide bonds. The minimum absolute atomic E-state index is 0.362. The van der Waals surface area contributed by atoms with Crippen LogP contribution in [0.1, 0.15) is 99.4 Å². The fourth-order valence-electron chi connectivity index (χ4n) is 8.68. The summed E-state index contributed by atoms with van der Waals surface area (Å²) in [6, 6.07) is 24.7. The molecule has 7 heterocycles. The Balaban J connectivity index is 0.000000149. The van der Waals surface area contributed by atoms with Gasteiger partial charge < -0.3 is 28.0 Å². The molecule has 0 unspecified atom stereocenters. The average molecular weight is 935 g/mol. The molecular formula is C50H48BrN9O5. The number of hydrogen-bond donors (Lipinski definition) is 1. The summed E-state index contributed by atoms with van der Waals surface area (Å²) >= 11 is 3.20. The van der Waals surface area contributed by atoms with E-state index in [0.29, 0.717) is 34.4 Å². The minimum Gasteiger partial charge on any atom is -0.465 e. The molecule has 1 N–H and O–H groups in total. The maximum absolute atomic E-state index is 12.6. The van der Waals surface area contributed by atoms with Crippen molar-refractivity contribution in [3.05, 3.63) is 159 Å². The van der Waals surface area contributed by atoms with Crippen molar-refractivity contribution >= 4 is 44.0 Å². The summed E-state index contributed by atoms with van der Waals surface area (Å²) in [6.07, 6.45) is 9.70. The molecule has 2 saturated carbocycles. The number of aryl methyl sites for hydroxylation is 6. The van der Waals surface area contributed by atoms with Crippen molar-refractivity contribution in [2.75, 3.05) is 7.11 Å². The van der Waals surface area contributed by atoms with Crippen molar-refractivity contribution in [3.8, 4) is 22.3 Å². The van der Waals surface area contributed by atoms with Gasteiger partial charge in [0, 0.05) is 61.2 Å². The second-order valence-electron chi connectivity index (χ2n) is 16.6. The second-order valence-corrected chi connectivity index (χ2v) is 17.4. The quantitative estimate of drug-likeness (QED) is 0.113. The summed E-state index contributed by atoms with van der Waals surface area (Å²) in [7, 11) is 5.39. The summed E-state index contributed by atoms with van der Waals surface area (Å²) in [4.78, 5) is 35.2. The molecule has 2 fully saturated rings. The van der Waals surface area contributed by atoms with Gasteiger partial charge in [0.1, 0.15) is 27.8 Å². The third-order valence-electron chi connectivity index (χ3n) is 12.0. The van der Waals surface area contributed by atoms with Crippen LogP contribution < -0.4 is 0 Å². The SMILES string of the molecule is Brc1ccccn1.COC(=O)c1cc(-c2c(C)noc2C)cc2nc(C3CC3)n(C)c12.Cc1noc(C)c1-c1cc(C(O)(c2ccccn2)c2ccccn2)c2c(c1)nc(C1CC1)n2C. The van der Waals surface area contributed by atoms with E-state index in [4.69, 9.17) is 23.8 Å². The predicted molar refractivity (Wildman–Crippen MR) is 249 cm³/mol. The predicted octanol–water partition coefficient (Wildman–Crippen LogP) is 10.1. The van der Waals surface area contributed by atoms with Gasteiger partial charge in [0.2, 0.25) is 0 Å². The number of benzene rings is 2. The number of fused-ring (bicyclic) bond motifs is 2. The first kappa shape index (κ1) is 43.4. The average Bonchev–Trinajstić information content (AvgIpc) is 4.24. The fraction of sp³-hybridized carbons (Fsp3) is 0.280. The van der Waals surface area contributed by atoms with Gasteiger partial charge in [-0.1, -0.05) is 28.5 Å². The van der Waals surface area contributed by atoms with Gasteiger partial charge in [-0.15, -0.1) is 0 Å². The Labute approximate surface area is 383 Å². The molecule has 11 rings (SSSR count). The summed E-state index contributed by atoms with van der Waals surface area (Å²) in [6.45, 7) is 7.58. The largest absolute Gasteiger partial charge is 0.465 e. The highest BCUT2D eigenvalue weighted by Gasteiger charge is 2.41. The Morgan fingerprint density at radius 3 is 1.57 bits per heavy atom. The van der Waals surface area contributed by atoms with E-state index in [9.17, 15) is 9.90 Å².